The van der Waals surface area contributed by atoms with Crippen LogP contribution in [-0.4, -0.2) is 21.1 Å². The van der Waals surface area contributed by atoms with Gasteiger partial charge in [0.1, 0.15) is 18.3 Å². The first kappa shape index (κ1) is 16.0. The van der Waals surface area contributed by atoms with Crippen molar-refractivity contribution in [1.29, 1.82) is 0 Å². The molecule has 3 aromatic rings. The standard InChI is InChI=1S/C18H20N4O2/c1-2-8-17(22-16-12-7-6-11-15(16)20-21-22)19-18(23)24-13-14-9-4-3-5-10-14/h3-7,9-12,17H,2,8,13H2,1H3,(H,19,23). The smallest absolute Gasteiger partial charge is 0.409 e. The number of rotatable bonds is 6. The van der Waals surface area contributed by atoms with Crippen molar-refractivity contribution < 1.29 is 9.53 Å². The molecule has 1 amide bonds. The molecule has 3 rings (SSSR count). The number of carbonyl (C=O) groups is 1. The number of alkyl carbamates (subject to hydrolysis) is 1. The molecule has 0 saturated heterocycles. The molecule has 0 bridgehead atoms. The maximum atomic E-state index is 12.1. The largest absolute Gasteiger partial charge is 0.445 e. The molecular weight excluding hydrogens is 304 g/mol. The first-order chi connectivity index (χ1) is 11.8. The van der Waals surface area contributed by atoms with E-state index in [2.05, 4.69) is 22.6 Å². The third-order valence-corrected chi connectivity index (χ3v) is 3.73. The molecule has 0 aliphatic rings. The Balaban J connectivity index is 1.68. The summed E-state index contributed by atoms with van der Waals surface area (Å²) in [4.78, 5) is 12.1. The quantitative estimate of drug-likeness (QED) is 0.751. The third kappa shape index (κ3) is 3.71. The number of nitrogens with zero attached hydrogens (tertiary/aromatic N) is 3. The van der Waals surface area contributed by atoms with Crippen molar-refractivity contribution in [2.45, 2.75) is 32.5 Å². The van der Waals surface area contributed by atoms with Crippen LogP contribution in [-0.2, 0) is 11.3 Å². The second kappa shape index (κ2) is 7.59. The van der Waals surface area contributed by atoms with Crippen molar-refractivity contribution in [1.82, 2.24) is 20.3 Å². The van der Waals surface area contributed by atoms with Crippen LogP contribution in [0.25, 0.3) is 11.0 Å². The second-order valence-electron chi connectivity index (χ2n) is 5.53. The lowest BCUT2D eigenvalue weighted by molar-refractivity contribution is 0.129. The fraction of sp³-hybridized carbons (Fsp3) is 0.278. The number of ether oxygens (including phenoxy) is 1. The Labute approximate surface area is 140 Å². The summed E-state index contributed by atoms with van der Waals surface area (Å²) in [6.07, 6.45) is 0.897. The van der Waals surface area contributed by atoms with Gasteiger partial charge in [-0.2, -0.15) is 0 Å². The molecule has 1 unspecified atom stereocenters. The van der Waals surface area contributed by atoms with Gasteiger partial charge in [0.15, 0.2) is 0 Å². The zero-order valence-corrected chi connectivity index (χ0v) is 13.6. The molecule has 6 heteroatoms. The maximum absolute atomic E-state index is 12.1. The Morgan fingerprint density at radius 3 is 2.71 bits per heavy atom. The van der Waals surface area contributed by atoms with E-state index in [0.717, 1.165) is 29.4 Å². The number of fused-ring (bicyclic) bond motifs is 1. The summed E-state index contributed by atoms with van der Waals surface area (Å²) in [5.41, 5.74) is 2.64. The number of para-hydroxylation sites is 1. The van der Waals surface area contributed by atoms with Crippen LogP contribution < -0.4 is 5.32 Å². The van der Waals surface area contributed by atoms with E-state index < -0.39 is 6.09 Å². The van der Waals surface area contributed by atoms with Gasteiger partial charge < -0.3 is 4.74 Å². The second-order valence-corrected chi connectivity index (χ2v) is 5.53. The number of aromatic nitrogens is 3. The van der Waals surface area contributed by atoms with E-state index in [0.29, 0.717) is 0 Å². The van der Waals surface area contributed by atoms with Crippen LogP contribution >= 0.6 is 0 Å². The van der Waals surface area contributed by atoms with Crippen LogP contribution in [0.2, 0.25) is 0 Å². The fourth-order valence-electron chi connectivity index (χ4n) is 2.55. The zero-order chi connectivity index (χ0) is 16.8. The van der Waals surface area contributed by atoms with Crippen molar-refractivity contribution in [2.75, 3.05) is 0 Å². The van der Waals surface area contributed by atoms with Crippen molar-refractivity contribution >= 4 is 17.1 Å². The molecule has 0 spiro atoms. The van der Waals surface area contributed by atoms with Crippen LogP contribution in [0.3, 0.4) is 0 Å². The normalized spacial score (nSPS) is 12.0. The number of carbonyl (C=O) groups excluding carboxylic acids is 1. The lowest BCUT2D eigenvalue weighted by Crippen LogP contribution is -2.33. The van der Waals surface area contributed by atoms with Crippen molar-refractivity contribution in [3.8, 4) is 0 Å². The minimum absolute atomic E-state index is 0.240. The molecule has 0 fully saturated rings. The minimum atomic E-state index is -0.461. The van der Waals surface area contributed by atoms with E-state index in [-0.39, 0.29) is 12.8 Å². The molecule has 1 aromatic heterocycles. The van der Waals surface area contributed by atoms with Gasteiger partial charge in [-0.1, -0.05) is 61.0 Å². The Morgan fingerprint density at radius 2 is 1.92 bits per heavy atom. The third-order valence-electron chi connectivity index (χ3n) is 3.73. The number of benzene rings is 2. The van der Waals surface area contributed by atoms with Crippen molar-refractivity contribution in [3.63, 3.8) is 0 Å². The Morgan fingerprint density at radius 1 is 1.17 bits per heavy atom. The monoisotopic (exact) mass is 324 g/mol. The first-order valence-corrected chi connectivity index (χ1v) is 8.05. The van der Waals surface area contributed by atoms with E-state index in [1.165, 1.54) is 0 Å². The molecule has 0 radical (unpaired) electrons. The molecule has 0 aliphatic carbocycles. The number of amides is 1. The van der Waals surface area contributed by atoms with Gasteiger partial charge >= 0.3 is 6.09 Å². The molecule has 1 heterocycles. The number of nitrogens with one attached hydrogen (secondary N) is 1. The van der Waals surface area contributed by atoms with Crippen LogP contribution in [0.15, 0.2) is 54.6 Å². The molecule has 6 nitrogen and oxygen atoms in total. The Hall–Kier alpha value is -2.89. The topological polar surface area (TPSA) is 69.0 Å². The van der Waals surface area contributed by atoms with Crippen molar-refractivity contribution in [2.24, 2.45) is 0 Å². The fourth-order valence-corrected chi connectivity index (χ4v) is 2.55. The minimum Gasteiger partial charge on any atom is -0.445 e. The molecule has 2 aromatic carbocycles. The number of hydrogen-bond donors (Lipinski definition) is 1. The summed E-state index contributed by atoms with van der Waals surface area (Å²) in [7, 11) is 0. The van der Waals surface area contributed by atoms with Gasteiger partial charge in [0.25, 0.3) is 0 Å². The van der Waals surface area contributed by atoms with Crippen LogP contribution in [0, 0.1) is 0 Å². The molecular formula is C18H20N4O2. The van der Waals surface area contributed by atoms with E-state index in [1.54, 1.807) is 4.68 Å². The highest BCUT2D eigenvalue weighted by molar-refractivity contribution is 5.74. The lowest BCUT2D eigenvalue weighted by atomic mass is 10.2. The number of hydrogen-bond acceptors (Lipinski definition) is 4. The molecule has 0 aliphatic heterocycles. The van der Waals surface area contributed by atoms with Gasteiger partial charge in [0.2, 0.25) is 0 Å². The molecule has 1 N–H and O–H groups in total. The van der Waals surface area contributed by atoms with Gasteiger partial charge in [-0.05, 0) is 24.1 Å². The summed E-state index contributed by atoms with van der Waals surface area (Å²) in [5, 5.41) is 11.2. The highest BCUT2D eigenvalue weighted by Crippen LogP contribution is 2.17. The van der Waals surface area contributed by atoms with E-state index >= 15 is 0 Å². The summed E-state index contributed by atoms with van der Waals surface area (Å²) in [6.45, 7) is 2.30. The summed E-state index contributed by atoms with van der Waals surface area (Å²) in [6, 6.07) is 17.3. The van der Waals surface area contributed by atoms with E-state index in [1.807, 2.05) is 54.6 Å². The zero-order valence-electron chi connectivity index (χ0n) is 13.6. The Bertz CT molecular complexity index is 801. The first-order valence-electron chi connectivity index (χ1n) is 8.05. The van der Waals surface area contributed by atoms with Gasteiger partial charge in [-0.25, -0.2) is 9.48 Å². The van der Waals surface area contributed by atoms with Crippen LogP contribution in [0.4, 0.5) is 4.79 Å². The lowest BCUT2D eigenvalue weighted by Gasteiger charge is -2.18. The molecule has 0 saturated carbocycles. The van der Waals surface area contributed by atoms with Crippen molar-refractivity contribution in [3.05, 3.63) is 60.2 Å². The highest BCUT2D eigenvalue weighted by atomic mass is 16.5. The summed E-state index contributed by atoms with van der Waals surface area (Å²) in [5.74, 6) is 0. The predicted octanol–water partition coefficient (Wildman–Crippen LogP) is 3.66. The van der Waals surface area contributed by atoms with Gasteiger partial charge in [-0.3, -0.25) is 5.32 Å². The molecule has 1 atom stereocenters. The van der Waals surface area contributed by atoms with E-state index in [4.69, 9.17) is 4.74 Å². The van der Waals surface area contributed by atoms with Gasteiger partial charge in [0, 0.05) is 0 Å². The van der Waals surface area contributed by atoms with Crippen LogP contribution in [0.1, 0.15) is 31.5 Å². The molecule has 124 valence electrons. The Kier molecular flexibility index (Phi) is 5.05. The summed E-state index contributed by atoms with van der Waals surface area (Å²) < 4.78 is 7.04. The predicted molar refractivity (Wildman–Crippen MR) is 91.2 cm³/mol. The highest BCUT2D eigenvalue weighted by Gasteiger charge is 2.18. The van der Waals surface area contributed by atoms with Gasteiger partial charge in [-0.15, -0.1) is 5.10 Å². The van der Waals surface area contributed by atoms with Crippen LogP contribution in [0.5, 0.6) is 0 Å². The average Bonchev–Trinajstić information content (AvgIpc) is 3.04. The SMILES string of the molecule is CCCC(NC(=O)OCc1ccccc1)n1nnc2ccccc21. The summed E-state index contributed by atoms with van der Waals surface area (Å²) >= 11 is 0. The average molecular weight is 324 g/mol. The van der Waals surface area contributed by atoms with E-state index in [9.17, 15) is 4.79 Å². The molecule has 24 heavy (non-hydrogen) atoms. The van der Waals surface area contributed by atoms with Gasteiger partial charge in [0.05, 0.1) is 5.52 Å². The maximum Gasteiger partial charge on any atom is 0.409 e.